The molecule has 3 nitrogen and oxygen atoms in total. The Labute approximate surface area is 184 Å². The number of rotatable bonds is 7. The minimum atomic E-state index is -5.22. The van der Waals surface area contributed by atoms with E-state index in [1.807, 2.05) is 6.08 Å². The largest absolute Gasteiger partial charge is 0.573 e. The van der Waals surface area contributed by atoms with Crippen molar-refractivity contribution in [3.05, 3.63) is 60.2 Å². The number of allylic oxidation sites excluding steroid dienone is 5. The summed E-state index contributed by atoms with van der Waals surface area (Å²) < 4.78 is 72.9. The van der Waals surface area contributed by atoms with Crippen LogP contribution in [0.1, 0.15) is 44.9 Å². The van der Waals surface area contributed by atoms with Gasteiger partial charge in [0.15, 0.2) is 17.9 Å². The van der Waals surface area contributed by atoms with Crippen LogP contribution in [-0.2, 0) is 0 Å². The summed E-state index contributed by atoms with van der Waals surface area (Å²) in [6.45, 7) is 3.80. The molecule has 32 heavy (non-hydrogen) atoms. The molecule has 1 saturated carbocycles. The Hall–Kier alpha value is -2.35. The average Bonchev–Trinajstić information content (AvgIpc) is 2.75. The van der Waals surface area contributed by atoms with Crippen LogP contribution in [-0.4, -0.2) is 17.8 Å². The molecule has 2 atom stereocenters. The normalized spacial score (nSPS) is 25.3. The number of alkyl halides is 3. The average molecular weight is 458 g/mol. The molecule has 1 fully saturated rings. The van der Waals surface area contributed by atoms with Gasteiger partial charge in [-0.1, -0.05) is 36.5 Å². The fraction of sp³-hybridized carbons (Fsp3) is 0.500. The highest BCUT2D eigenvalue weighted by atomic mass is 19.4. The summed E-state index contributed by atoms with van der Waals surface area (Å²) in [6, 6.07) is 1.14. The number of hydrogen-bond donors (Lipinski definition) is 1. The summed E-state index contributed by atoms with van der Waals surface area (Å²) >= 11 is 0. The molecule has 0 aromatic heterocycles. The van der Waals surface area contributed by atoms with Crippen molar-refractivity contribution in [1.29, 1.82) is 0 Å². The summed E-state index contributed by atoms with van der Waals surface area (Å²) in [5.74, 6) is -4.37. The van der Waals surface area contributed by atoms with E-state index < -0.39 is 35.8 Å². The molecular formula is C24H27F5O3. The summed E-state index contributed by atoms with van der Waals surface area (Å²) in [5.41, 5.74) is 1.30. The van der Waals surface area contributed by atoms with Crippen LogP contribution < -0.4 is 9.47 Å². The molecule has 176 valence electrons. The topological polar surface area (TPSA) is 38.7 Å². The lowest BCUT2D eigenvalue weighted by atomic mass is 9.80. The van der Waals surface area contributed by atoms with Gasteiger partial charge in [0.05, 0.1) is 0 Å². The lowest BCUT2D eigenvalue weighted by Gasteiger charge is -2.30. The van der Waals surface area contributed by atoms with Gasteiger partial charge in [0, 0.05) is 18.1 Å². The van der Waals surface area contributed by atoms with E-state index >= 15 is 0 Å². The van der Waals surface area contributed by atoms with Crippen LogP contribution in [0.2, 0.25) is 0 Å². The van der Waals surface area contributed by atoms with Crippen molar-refractivity contribution in [3.63, 3.8) is 0 Å². The molecule has 0 aliphatic heterocycles. The fourth-order valence-electron chi connectivity index (χ4n) is 4.23. The van der Waals surface area contributed by atoms with Gasteiger partial charge in [-0.15, -0.1) is 13.2 Å². The van der Waals surface area contributed by atoms with Gasteiger partial charge in [-0.3, -0.25) is 0 Å². The van der Waals surface area contributed by atoms with Gasteiger partial charge in [0.1, 0.15) is 5.75 Å². The van der Waals surface area contributed by atoms with Crippen molar-refractivity contribution in [3.8, 4) is 11.5 Å². The quantitative estimate of drug-likeness (QED) is 0.276. The molecule has 0 bridgehead atoms. The van der Waals surface area contributed by atoms with E-state index in [4.69, 9.17) is 4.74 Å². The third-order valence-corrected chi connectivity index (χ3v) is 6.07. The van der Waals surface area contributed by atoms with Crippen LogP contribution >= 0.6 is 0 Å². The van der Waals surface area contributed by atoms with Crippen LogP contribution in [0.15, 0.2) is 48.6 Å². The zero-order valence-electron chi connectivity index (χ0n) is 17.6. The number of halogens is 5. The van der Waals surface area contributed by atoms with Gasteiger partial charge in [-0.25, -0.2) is 8.78 Å². The number of benzene rings is 1. The van der Waals surface area contributed by atoms with Crippen molar-refractivity contribution >= 4 is 0 Å². The Kier molecular flexibility index (Phi) is 7.98. The van der Waals surface area contributed by atoms with E-state index in [-0.39, 0.29) is 5.92 Å². The number of aliphatic hydroxyl groups excluding tert-OH is 1. The molecule has 0 spiro atoms. The summed E-state index contributed by atoms with van der Waals surface area (Å²) in [5, 5.41) is 10.3. The van der Waals surface area contributed by atoms with Crippen molar-refractivity contribution in [2.75, 3.05) is 0 Å². The number of ether oxygens (including phenoxy) is 2. The summed E-state index contributed by atoms with van der Waals surface area (Å²) in [7, 11) is 0. The van der Waals surface area contributed by atoms with E-state index in [9.17, 15) is 27.1 Å². The second-order valence-electron chi connectivity index (χ2n) is 8.35. The van der Waals surface area contributed by atoms with Gasteiger partial charge < -0.3 is 14.6 Å². The van der Waals surface area contributed by atoms with Crippen LogP contribution in [0.5, 0.6) is 11.5 Å². The van der Waals surface area contributed by atoms with Crippen LogP contribution in [0, 0.1) is 29.4 Å². The molecule has 3 rings (SSSR count). The van der Waals surface area contributed by atoms with Crippen molar-refractivity contribution in [2.24, 2.45) is 17.8 Å². The van der Waals surface area contributed by atoms with Crippen LogP contribution in [0.3, 0.4) is 0 Å². The predicted octanol–water partition coefficient (Wildman–Crippen LogP) is 6.84. The first-order valence-corrected chi connectivity index (χ1v) is 10.7. The van der Waals surface area contributed by atoms with Gasteiger partial charge in [0.2, 0.25) is 5.75 Å². The zero-order valence-corrected chi connectivity index (χ0v) is 17.6. The smallest absolute Gasteiger partial charge is 0.465 e. The zero-order chi connectivity index (χ0) is 23.3. The molecule has 1 aromatic rings. The molecular weight excluding hydrogens is 431 g/mol. The first kappa shape index (κ1) is 24.3. The lowest BCUT2D eigenvalue weighted by molar-refractivity contribution is -0.276. The highest BCUT2D eigenvalue weighted by Crippen LogP contribution is 2.36. The third-order valence-electron chi connectivity index (χ3n) is 6.07. The molecule has 8 heteroatoms. The Morgan fingerprint density at radius 2 is 1.62 bits per heavy atom. The van der Waals surface area contributed by atoms with E-state index in [1.54, 1.807) is 0 Å². The highest BCUT2D eigenvalue weighted by Gasteiger charge is 2.34. The molecule has 0 heterocycles. The standard InChI is InChI=1S/C24H27F5O3/c1-2-15-3-5-16(6-4-15)7-8-17-9-11-18(12-10-17)23(30)31-19-13-20(25)22(21(26)14-19)32-24(27,28)29/h2-3,7-8,13-14,16-18,23,30H,1,4-6,9-12H2/b8-7+. The number of aliphatic hydroxyl groups is 1. The lowest BCUT2D eigenvalue weighted by Crippen LogP contribution is -2.30. The molecule has 2 unspecified atom stereocenters. The van der Waals surface area contributed by atoms with Crippen molar-refractivity contribution in [1.82, 2.24) is 0 Å². The minimum Gasteiger partial charge on any atom is -0.465 e. The monoisotopic (exact) mass is 458 g/mol. The molecule has 2 aliphatic carbocycles. The fourth-order valence-corrected chi connectivity index (χ4v) is 4.23. The van der Waals surface area contributed by atoms with E-state index in [0.717, 1.165) is 32.1 Å². The first-order chi connectivity index (χ1) is 15.1. The molecule has 2 aliphatic rings. The van der Waals surface area contributed by atoms with E-state index in [1.165, 1.54) is 5.57 Å². The van der Waals surface area contributed by atoms with Crippen LogP contribution in [0.25, 0.3) is 0 Å². The van der Waals surface area contributed by atoms with E-state index in [2.05, 4.69) is 29.5 Å². The maximum atomic E-state index is 13.8. The molecule has 0 radical (unpaired) electrons. The third kappa shape index (κ3) is 6.82. The second-order valence-corrected chi connectivity index (χ2v) is 8.35. The Bertz CT molecular complexity index is 831. The van der Waals surface area contributed by atoms with Gasteiger partial charge >= 0.3 is 6.36 Å². The molecule has 0 amide bonds. The SMILES string of the molecule is C=CC1=CCC(/C=C/C2CCC(C(O)Oc3cc(F)c(OC(F)(F)F)c(F)c3)CC2)CC1. The summed E-state index contributed by atoms with van der Waals surface area (Å²) in [6.07, 6.45) is 8.30. The second kappa shape index (κ2) is 10.5. The van der Waals surface area contributed by atoms with Crippen molar-refractivity contribution in [2.45, 2.75) is 57.6 Å². The van der Waals surface area contributed by atoms with Gasteiger partial charge in [0.25, 0.3) is 0 Å². The Morgan fingerprint density at radius 1 is 1.00 bits per heavy atom. The highest BCUT2D eigenvalue weighted by molar-refractivity contribution is 5.35. The van der Waals surface area contributed by atoms with Crippen LogP contribution in [0.4, 0.5) is 22.0 Å². The molecule has 1 aromatic carbocycles. The van der Waals surface area contributed by atoms with E-state index in [0.29, 0.717) is 36.8 Å². The molecule has 0 saturated heterocycles. The predicted molar refractivity (Wildman–Crippen MR) is 110 cm³/mol. The van der Waals surface area contributed by atoms with Crippen molar-refractivity contribution < 1.29 is 36.5 Å². The summed E-state index contributed by atoms with van der Waals surface area (Å²) in [4.78, 5) is 0. The minimum absolute atomic E-state index is 0.232. The Morgan fingerprint density at radius 3 is 2.16 bits per heavy atom. The van der Waals surface area contributed by atoms with Gasteiger partial charge in [-0.2, -0.15) is 0 Å². The maximum Gasteiger partial charge on any atom is 0.573 e. The Balaban J connectivity index is 1.49. The first-order valence-electron chi connectivity index (χ1n) is 10.7. The molecule has 1 N–H and O–H groups in total. The number of hydrogen-bond acceptors (Lipinski definition) is 3. The maximum absolute atomic E-state index is 13.8. The van der Waals surface area contributed by atoms with Gasteiger partial charge in [-0.05, 0) is 56.8 Å².